The molecule has 0 unspecified atom stereocenters. The van der Waals surface area contributed by atoms with E-state index in [0.29, 0.717) is 29.4 Å². The molecule has 0 aliphatic carbocycles. The van der Waals surface area contributed by atoms with Crippen LogP contribution in [0, 0.1) is 5.82 Å². The molecule has 3 aromatic rings. The number of imide groups is 1. The normalized spacial score (nSPS) is 17.4. The second-order valence-electron chi connectivity index (χ2n) is 9.41. The van der Waals surface area contributed by atoms with Gasteiger partial charge >= 0.3 is 12.2 Å². The number of rotatable bonds is 4. The number of piperidine rings is 1. The van der Waals surface area contributed by atoms with E-state index in [1.54, 1.807) is 24.4 Å². The first-order chi connectivity index (χ1) is 18.4. The standard InChI is InChI=1S/C25H22F4N6O4/c1-33-22(38)24(35(23(33)39)16-4-2-14-12-31-32-19(14)11-16)6-8-34(9-7-24)20(36)13-30-21(37)17-10-15(25(27,28)29)3-5-18(17)26/h2-5,10-12H,6-9,13H2,1H3,(H,30,37)(H,31,32). The Morgan fingerprint density at radius 3 is 2.51 bits per heavy atom. The van der Waals surface area contributed by atoms with E-state index < -0.39 is 59.0 Å². The van der Waals surface area contributed by atoms with E-state index in [4.69, 9.17) is 0 Å². The van der Waals surface area contributed by atoms with Gasteiger partial charge in [-0.3, -0.25) is 29.3 Å². The highest BCUT2D eigenvalue weighted by Crippen LogP contribution is 2.40. The number of H-pyrrole nitrogens is 1. The molecular formula is C25H22F4N6O4. The van der Waals surface area contributed by atoms with Gasteiger partial charge in [0.2, 0.25) is 5.91 Å². The molecule has 0 bridgehead atoms. The Morgan fingerprint density at radius 2 is 1.82 bits per heavy atom. The zero-order chi connectivity index (χ0) is 28.1. The lowest BCUT2D eigenvalue weighted by Crippen LogP contribution is -2.58. The van der Waals surface area contributed by atoms with Crippen molar-refractivity contribution in [3.63, 3.8) is 0 Å². The van der Waals surface area contributed by atoms with Crippen LogP contribution in [0.3, 0.4) is 0 Å². The molecule has 2 aromatic carbocycles. The summed E-state index contributed by atoms with van der Waals surface area (Å²) in [5, 5.41) is 9.79. The maximum Gasteiger partial charge on any atom is 0.416 e. The molecule has 1 spiro atoms. The molecule has 2 saturated heterocycles. The summed E-state index contributed by atoms with van der Waals surface area (Å²) in [6, 6.07) is 6.13. The van der Waals surface area contributed by atoms with Crippen molar-refractivity contribution in [1.82, 2.24) is 25.3 Å². The summed E-state index contributed by atoms with van der Waals surface area (Å²) in [5.41, 5.74) is -2.08. The van der Waals surface area contributed by atoms with Crippen molar-refractivity contribution in [1.29, 1.82) is 0 Å². The maximum absolute atomic E-state index is 14.0. The summed E-state index contributed by atoms with van der Waals surface area (Å²) in [4.78, 5) is 55.3. The lowest BCUT2D eigenvalue weighted by Gasteiger charge is -2.42. The predicted molar refractivity (Wildman–Crippen MR) is 129 cm³/mol. The number of likely N-dealkylation sites (N-methyl/N-ethyl adjacent to an activating group) is 1. The summed E-state index contributed by atoms with van der Waals surface area (Å²) in [6.45, 7) is -0.445. The topological polar surface area (TPSA) is 119 Å². The zero-order valence-corrected chi connectivity index (χ0v) is 20.5. The number of hydrogen-bond acceptors (Lipinski definition) is 5. The zero-order valence-electron chi connectivity index (χ0n) is 20.5. The molecule has 2 fully saturated rings. The lowest BCUT2D eigenvalue weighted by atomic mass is 9.85. The Kier molecular flexibility index (Phi) is 6.27. The minimum atomic E-state index is -4.77. The highest BCUT2D eigenvalue weighted by Gasteiger charge is 2.57. The van der Waals surface area contributed by atoms with Gasteiger partial charge in [-0.1, -0.05) is 0 Å². The molecule has 5 amide bonds. The van der Waals surface area contributed by atoms with Crippen LogP contribution in [0.15, 0.2) is 42.6 Å². The van der Waals surface area contributed by atoms with Crippen molar-refractivity contribution in [2.24, 2.45) is 0 Å². The van der Waals surface area contributed by atoms with E-state index in [1.807, 2.05) is 0 Å². The van der Waals surface area contributed by atoms with Crippen LogP contribution in [0.4, 0.5) is 28.0 Å². The molecule has 0 radical (unpaired) electrons. The fraction of sp³-hybridized carbons (Fsp3) is 0.320. The predicted octanol–water partition coefficient (Wildman–Crippen LogP) is 2.91. The van der Waals surface area contributed by atoms with Crippen LogP contribution in [0.25, 0.3) is 10.9 Å². The number of likely N-dealkylation sites (tertiary alicyclic amines) is 1. The highest BCUT2D eigenvalue weighted by molar-refractivity contribution is 6.17. The smallest absolute Gasteiger partial charge is 0.343 e. The molecule has 2 aliphatic rings. The number of amides is 5. The van der Waals surface area contributed by atoms with Crippen molar-refractivity contribution < 1.29 is 36.7 Å². The van der Waals surface area contributed by atoms with Crippen molar-refractivity contribution in [3.05, 3.63) is 59.5 Å². The second-order valence-corrected chi connectivity index (χ2v) is 9.41. The number of fused-ring (bicyclic) bond motifs is 1. The Morgan fingerprint density at radius 1 is 1.10 bits per heavy atom. The lowest BCUT2D eigenvalue weighted by molar-refractivity contribution is -0.137. The number of anilines is 1. The highest BCUT2D eigenvalue weighted by atomic mass is 19.4. The van der Waals surface area contributed by atoms with Crippen molar-refractivity contribution in [3.8, 4) is 0 Å². The summed E-state index contributed by atoms with van der Waals surface area (Å²) < 4.78 is 52.8. The summed E-state index contributed by atoms with van der Waals surface area (Å²) >= 11 is 0. The second kappa shape index (κ2) is 9.36. The number of nitrogens with one attached hydrogen (secondary N) is 2. The third-order valence-corrected chi connectivity index (χ3v) is 7.17. The molecule has 0 atom stereocenters. The monoisotopic (exact) mass is 546 g/mol. The average molecular weight is 546 g/mol. The van der Waals surface area contributed by atoms with Gasteiger partial charge in [-0.15, -0.1) is 0 Å². The summed E-state index contributed by atoms with van der Waals surface area (Å²) in [7, 11) is 1.39. The Labute approximate surface area is 218 Å². The van der Waals surface area contributed by atoms with Gasteiger partial charge in [0.05, 0.1) is 29.4 Å². The van der Waals surface area contributed by atoms with Crippen molar-refractivity contribution in [2.75, 3.05) is 31.6 Å². The SMILES string of the molecule is CN1C(=O)N(c2ccc3cn[nH]c3c2)C2(CCN(C(=O)CNC(=O)c3cc(C(F)(F)F)ccc3F)CC2)C1=O. The Hall–Kier alpha value is -4.49. The van der Waals surface area contributed by atoms with Gasteiger partial charge in [0, 0.05) is 31.2 Å². The van der Waals surface area contributed by atoms with Crippen LogP contribution >= 0.6 is 0 Å². The third-order valence-electron chi connectivity index (χ3n) is 7.17. The number of aromatic nitrogens is 2. The number of halogens is 4. The Bertz CT molecular complexity index is 1500. The van der Waals surface area contributed by atoms with Gasteiger partial charge in [0.1, 0.15) is 11.4 Å². The van der Waals surface area contributed by atoms with Crippen LogP contribution in [0.1, 0.15) is 28.8 Å². The van der Waals surface area contributed by atoms with E-state index in [0.717, 1.165) is 10.3 Å². The minimum absolute atomic E-state index is 0.0717. The van der Waals surface area contributed by atoms with Crippen molar-refractivity contribution in [2.45, 2.75) is 24.6 Å². The molecule has 2 aliphatic heterocycles. The van der Waals surface area contributed by atoms with Crippen LogP contribution in [-0.4, -0.2) is 76.0 Å². The van der Waals surface area contributed by atoms with Crippen LogP contribution in [0.5, 0.6) is 0 Å². The Balaban J connectivity index is 1.27. The quantitative estimate of drug-likeness (QED) is 0.386. The average Bonchev–Trinajstić information content (AvgIpc) is 3.44. The first-order valence-corrected chi connectivity index (χ1v) is 11.9. The molecular weight excluding hydrogens is 524 g/mol. The van der Waals surface area contributed by atoms with Crippen LogP contribution in [-0.2, 0) is 15.8 Å². The van der Waals surface area contributed by atoms with E-state index in [9.17, 15) is 36.7 Å². The molecule has 0 saturated carbocycles. The fourth-order valence-electron chi connectivity index (χ4n) is 5.05. The number of benzene rings is 2. The first kappa shape index (κ1) is 26.1. The molecule has 39 heavy (non-hydrogen) atoms. The summed E-state index contributed by atoms with van der Waals surface area (Å²) in [6.07, 6.45) is -2.91. The molecule has 2 N–H and O–H groups in total. The van der Waals surface area contributed by atoms with E-state index in [1.165, 1.54) is 16.8 Å². The molecule has 1 aromatic heterocycles. The molecule has 14 heteroatoms. The molecule has 204 valence electrons. The number of carbonyl (C=O) groups is 4. The van der Waals surface area contributed by atoms with Crippen LogP contribution in [0.2, 0.25) is 0 Å². The van der Waals surface area contributed by atoms with E-state index in [-0.39, 0.29) is 25.9 Å². The third kappa shape index (κ3) is 4.45. The summed E-state index contributed by atoms with van der Waals surface area (Å²) in [5.74, 6) is -3.30. The van der Waals surface area contributed by atoms with Crippen LogP contribution < -0.4 is 10.2 Å². The van der Waals surface area contributed by atoms with Gasteiger partial charge in [-0.2, -0.15) is 18.3 Å². The van der Waals surface area contributed by atoms with Gasteiger partial charge < -0.3 is 10.2 Å². The first-order valence-electron chi connectivity index (χ1n) is 11.9. The molecule has 10 nitrogen and oxygen atoms in total. The number of urea groups is 1. The van der Waals surface area contributed by atoms with E-state index in [2.05, 4.69) is 15.5 Å². The van der Waals surface area contributed by atoms with E-state index >= 15 is 0 Å². The number of hydrogen-bond donors (Lipinski definition) is 2. The largest absolute Gasteiger partial charge is 0.416 e. The molecule has 3 heterocycles. The number of aromatic amines is 1. The number of alkyl halides is 3. The fourth-order valence-corrected chi connectivity index (χ4v) is 5.05. The van der Waals surface area contributed by atoms with Gasteiger partial charge in [0.15, 0.2) is 0 Å². The maximum atomic E-state index is 14.0. The number of nitrogens with zero attached hydrogens (tertiary/aromatic N) is 4. The van der Waals surface area contributed by atoms with Gasteiger partial charge in [-0.25, -0.2) is 9.18 Å². The minimum Gasteiger partial charge on any atom is -0.343 e. The molecule has 5 rings (SSSR count). The van der Waals surface area contributed by atoms with Gasteiger partial charge in [-0.05, 0) is 49.2 Å². The number of carbonyl (C=O) groups excluding carboxylic acids is 4. The van der Waals surface area contributed by atoms with Gasteiger partial charge in [0.25, 0.3) is 11.8 Å². The van der Waals surface area contributed by atoms with Crippen molar-refractivity contribution >= 4 is 40.3 Å².